The lowest BCUT2D eigenvalue weighted by Gasteiger charge is -2.30. The number of allylic oxidation sites excluding steroid dienone is 1. The minimum atomic E-state index is -0.0863. The van der Waals surface area contributed by atoms with Gasteiger partial charge in [0.25, 0.3) is 5.91 Å². The minimum Gasteiger partial charge on any atom is -0.493 e. The molecule has 1 aromatic rings. The fourth-order valence-corrected chi connectivity index (χ4v) is 2.97. The molecule has 6 heteroatoms. The molecule has 0 bridgehead atoms. The number of hydrogen-bond donors (Lipinski definition) is 2. The Bertz CT molecular complexity index is 578. The van der Waals surface area contributed by atoms with Crippen molar-refractivity contribution in [1.29, 1.82) is 0 Å². The van der Waals surface area contributed by atoms with Gasteiger partial charge in [-0.2, -0.15) is 0 Å². The van der Waals surface area contributed by atoms with Gasteiger partial charge >= 0.3 is 0 Å². The van der Waals surface area contributed by atoms with Crippen LogP contribution in [0, 0.1) is 0 Å². The van der Waals surface area contributed by atoms with Crippen molar-refractivity contribution in [3.05, 3.63) is 35.9 Å². The average Bonchev–Trinajstić information content (AvgIpc) is 2.56. The molecule has 134 valence electrons. The summed E-state index contributed by atoms with van der Waals surface area (Å²) in [4.78, 5) is 12.6. The van der Waals surface area contributed by atoms with E-state index in [1.165, 1.54) is 0 Å². The SMILES string of the molecule is C=CCc1cc(C(=O)NC2CCCNC2C)cc(OC)c1OC.Cl. The van der Waals surface area contributed by atoms with Crippen LogP contribution in [0.4, 0.5) is 0 Å². The average molecular weight is 355 g/mol. The van der Waals surface area contributed by atoms with Gasteiger partial charge in [-0.3, -0.25) is 4.79 Å². The standard InChI is InChI=1S/C18H26N2O3.ClH/c1-5-7-13-10-14(11-16(22-3)17(13)23-4)18(21)20-15-8-6-9-19-12(15)2;/h5,10-12,15,19H,1,6-9H2,2-4H3,(H,20,21);1H. The van der Waals surface area contributed by atoms with E-state index >= 15 is 0 Å². The highest BCUT2D eigenvalue weighted by atomic mass is 35.5. The van der Waals surface area contributed by atoms with E-state index in [9.17, 15) is 4.79 Å². The first-order valence-electron chi connectivity index (χ1n) is 8.00. The summed E-state index contributed by atoms with van der Waals surface area (Å²) in [5.41, 5.74) is 1.47. The van der Waals surface area contributed by atoms with Gasteiger partial charge in [0.1, 0.15) is 0 Å². The first-order chi connectivity index (χ1) is 11.1. The Kier molecular flexibility index (Phi) is 8.08. The lowest BCUT2D eigenvalue weighted by Crippen LogP contribution is -2.51. The van der Waals surface area contributed by atoms with Crippen LogP contribution >= 0.6 is 12.4 Å². The summed E-state index contributed by atoms with van der Waals surface area (Å²) in [6, 6.07) is 3.99. The largest absolute Gasteiger partial charge is 0.493 e. The molecule has 2 atom stereocenters. The quantitative estimate of drug-likeness (QED) is 0.771. The van der Waals surface area contributed by atoms with Crippen LogP contribution in [0.25, 0.3) is 0 Å². The molecule has 0 radical (unpaired) electrons. The summed E-state index contributed by atoms with van der Waals surface area (Å²) in [6.07, 6.45) is 4.46. The maximum Gasteiger partial charge on any atom is 0.251 e. The monoisotopic (exact) mass is 354 g/mol. The number of ether oxygens (including phenoxy) is 2. The van der Waals surface area contributed by atoms with Gasteiger partial charge in [-0.15, -0.1) is 19.0 Å². The molecule has 0 saturated carbocycles. The molecule has 2 N–H and O–H groups in total. The van der Waals surface area contributed by atoms with Gasteiger partial charge < -0.3 is 20.1 Å². The Morgan fingerprint density at radius 1 is 1.42 bits per heavy atom. The topological polar surface area (TPSA) is 59.6 Å². The number of hydrogen-bond acceptors (Lipinski definition) is 4. The molecule has 2 unspecified atom stereocenters. The summed E-state index contributed by atoms with van der Waals surface area (Å²) < 4.78 is 10.8. The zero-order chi connectivity index (χ0) is 16.8. The maximum absolute atomic E-state index is 12.6. The molecule has 2 rings (SSSR count). The third kappa shape index (κ3) is 4.65. The van der Waals surface area contributed by atoms with Crippen LogP contribution in [-0.4, -0.2) is 38.8 Å². The zero-order valence-corrected chi connectivity index (χ0v) is 15.4. The van der Waals surface area contributed by atoms with Crippen molar-refractivity contribution >= 4 is 18.3 Å². The highest BCUT2D eigenvalue weighted by Gasteiger charge is 2.24. The number of carbonyl (C=O) groups excluding carboxylic acids is 1. The number of piperidine rings is 1. The van der Waals surface area contributed by atoms with Crippen LogP contribution in [0.2, 0.25) is 0 Å². The molecular formula is C18H27ClN2O3. The van der Waals surface area contributed by atoms with E-state index in [1.807, 2.05) is 6.07 Å². The predicted molar refractivity (Wildman–Crippen MR) is 98.6 cm³/mol. The normalized spacial score (nSPS) is 19.8. The van der Waals surface area contributed by atoms with Crippen molar-refractivity contribution in [3.8, 4) is 11.5 Å². The van der Waals surface area contributed by atoms with E-state index in [-0.39, 0.29) is 30.4 Å². The van der Waals surface area contributed by atoms with E-state index in [0.717, 1.165) is 24.9 Å². The molecule has 1 saturated heterocycles. The number of rotatable bonds is 6. The van der Waals surface area contributed by atoms with Crippen molar-refractivity contribution in [1.82, 2.24) is 10.6 Å². The number of amides is 1. The van der Waals surface area contributed by atoms with Crippen LogP contribution in [0.3, 0.4) is 0 Å². The molecule has 0 spiro atoms. The van der Waals surface area contributed by atoms with Crippen molar-refractivity contribution in [2.24, 2.45) is 0 Å². The lowest BCUT2D eigenvalue weighted by molar-refractivity contribution is 0.0919. The Balaban J connectivity index is 0.00000288. The van der Waals surface area contributed by atoms with Gasteiger partial charge in [-0.1, -0.05) is 6.08 Å². The van der Waals surface area contributed by atoms with Crippen molar-refractivity contribution in [2.45, 2.75) is 38.3 Å². The van der Waals surface area contributed by atoms with Gasteiger partial charge in [-0.25, -0.2) is 0 Å². The van der Waals surface area contributed by atoms with Crippen molar-refractivity contribution in [3.63, 3.8) is 0 Å². The first kappa shape index (κ1) is 20.3. The first-order valence-corrected chi connectivity index (χ1v) is 8.00. The van der Waals surface area contributed by atoms with E-state index < -0.39 is 0 Å². The van der Waals surface area contributed by atoms with Crippen LogP contribution in [0.5, 0.6) is 11.5 Å². The van der Waals surface area contributed by atoms with Gasteiger partial charge in [0.2, 0.25) is 0 Å². The highest BCUT2D eigenvalue weighted by Crippen LogP contribution is 2.33. The fourth-order valence-electron chi connectivity index (χ4n) is 2.97. The fraction of sp³-hybridized carbons (Fsp3) is 0.500. The zero-order valence-electron chi connectivity index (χ0n) is 14.6. The highest BCUT2D eigenvalue weighted by molar-refractivity contribution is 5.95. The molecule has 24 heavy (non-hydrogen) atoms. The van der Waals surface area contributed by atoms with E-state index in [0.29, 0.717) is 23.5 Å². The van der Waals surface area contributed by atoms with Crippen LogP contribution in [-0.2, 0) is 6.42 Å². The van der Waals surface area contributed by atoms with Crippen molar-refractivity contribution < 1.29 is 14.3 Å². The maximum atomic E-state index is 12.6. The Hall–Kier alpha value is -1.72. The molecule has 1 aliphatic rings. The third-order valence-electron chi connectivity index (χ3n) is 4.26. The third-order valence-corrected chi connectivity index (χ3v) is 4.26. The summed E-state index contributed by atoms with van der Waals surface area (Å²) in [6.45, 7) is 6.87. The molecule has 0 aromatic heterocycles. The number of carbonyl (C=O) groups is 1. The molecule has 5 nitrogen and oxygen atoms in total. The van der Waals surface area contributed by atoms with E-state index in [4.69, 9.17) is 9.47 Å². The minimum absolute atomic E-state index is 0. The molecule has 1 aromatic carbocycles. The van der Waals surface area contributed by atoms with Gasteiger partial charge in [0.15, 0.2) is 11.5 Å². The Labute approximate surface area is 150 Å². The van der Waals surface area contributed by atoms with E-state index in [2.05, 4.69) is 24.1 Å². The second-order valence-electron chi connectivity index (χ2n) is 5.83. The molecule has 1 amide bonds. The number of halogens is 1. The van der Waals surface area contributed by atoms with Crippen LogP contribution in [0.15, 0.2) is 24.8 Å². The van der Waals surface area contributed by atoms with Crippen LogP contribution < -0.4 is 20.1 Å². The number of nitrogens with one attached hydrogen (secondary N) is 2. The summed E-state index contributed by atoms with van der Waals surface area (Å²) in [5.74, 6) is 1.13. The summed E-state index contributed by atoms with van der Waals surface area (Å²) >= 11 is 0. The predicted octanol–water partition coefficient (Wildman–Crippen LogP) is 2.72. The number of benzene rings is 1. The molecule has 1 fully saturated rings. The molecule has 1 heterocycles. The smallest absolute Gasteiger partial charge is 0.251 e. The number of methoxy groups -OCH3 is 2. The second-order valence-corrected chi connectivity index (χ2v) is 5.83. The lowest BCUT2D eigenvalue weighted by atomic mass is 9.99. The molecule has 0 aliphatic carbocycles. The van der Waals surface area contributed by atoms with Gasteiger partial charge in [-0.05, 0) is 44.9 Å². The van der Waals surface area contributed by atoms with Crippen LogP contribution in [0.1, 0.15) is 35.7 Å². The van der Waals surface area contributed by atoms with Crippen molar-refractivity contribution in [2.75, 3.05) is 20.8 Å². The molecular weight excluding hydrogens is 328 g/mol. The molecule has 1 aliphatic heterocycles. The summed E-state index contributed by atoms with van der Waals surface area (Å²) in [5, 5.41) is 6.51. The van der Waals surface area contributed by atoms with Gasteiger partial charge in [0.05, 0.1) is 14.2 Å². The summed E-state index contributed by atoms with van der Waals surface area (Å²) in [7, 11) is 3.17. The van der Waals surface area contributed by atoms with Gasteiger partial charge in [0, 0.05) is 23.2 Å². The Morgan fingerprint density at radius 3 is 2.75 bits per heavy atom. The van der Waals surface area contributed by atoms with E-state index in [1.54, 1.807) is 26.4 Å². The second kappa shape index (κ2) is 9.55. The Morgan fingerprint density at radius 2 is 2.17 bits per heavy atom.